The Kier molecular flexibility index (Phi) is 3.08. The van der Waals surface area contributed by atoms with E-state index in [9.17, 15) is 0 Å². The fourth-order valence-electron chi connectivity index (χ4n) is 2.19. The normalized spacial score (nSPS) is 26.1. The van der Waals surface area contributed by atoms with Crippen LogP contribution in [0.3, 0.4) is 0 Å². The lowest BCUT2D eigenvalue weighted by Gasteiger charge is -2.15. The van der Waals surface area contributed by atoms with Crippen molar-refractivity contribution in [3.8, 4) is 0 Å². The van der Waals surface area contributed by atoms with Gasteiger partial charge in [-0.25, -0.2) is 0 Å². The van der Waals surface area contributed by atoms with Gasteiger partial charge in [-0.2, -0.15) is 0 Å². The van der Waals surface area contributed by atoms with Gasteiger partial charge in [-0.3, -0.25) is 0 Å². The Labute approximate surface area is 91.9 Å². The highest BCUT2D eigenvalue weighted by atomic mass is 15.0. The van der Waals surface area contributed by atoms with E-state index in [1.165, 1.54) is 11.1 Å². The Bertz CT molecular complexity index is 316. The maximum absolute atomic E-state index is 6.05. The Balaban J connectivity index is 2.16. The van der Waals surface area contributed by atoms with Crippen LogP contribution in [-0.4, -0.2) is 19.1 Å². The molecule has 1 fully saturated rings. The van der Waals surface area contributed by atoms with Gasteiger partial charge in [0.15, 0.2) is 0 Å². The maximum Gasteiger partial charge on any atom is 0.0247 e. The summed E-state index contributed by atoms with van der Waals surface area (Å²) in [5.41, 5.74) is 8.82. The number of nitrogens with two attached hydrogens (primary N) is 1. The fourth-order valence-corrected chi connectivity index (χ4v) is 2.19. The van der Waals surface area contributed by atoms with Gasteiger partial charge in [-0.05, 0) is 17.0 Å². The van der Waals surface area contributed by atoms with Gasteiger partial charge in [-0.15, -0.1) is 0 Å². The second kappa shape index (κ2) is 4.33. The smallest absolute Gasteiger partial charge is 0.0247 e. The Morgan fingerprint density at radius 1 is 1.20 bits per heavy atom. The van der Waals surface area contributed by atoms with Crippen LogP contribution in [0.2, 0.25) is 0 Å². The van der Waals surface area contributed by atoms with Crippen molar-refractivity contribution in [1.82, 2.24) is 5.32 Å². The highest BCUT2D eigenvalue weighted by Crippen LogP contribution is 2.23. The summed E-state index contributed by atoms with van der Waals surface area (Å²) in [7, 11) is 0. The number of rotatable bonds is 2. The number of nitrogens with one attached hydrogen (secondary N) is 1. The molecule has 0 aliphatic carbocycles. The van der Waals surface area contributed by atoms with E-state index < -0.39 is 0 Å². The number of hydrogen-bond donors (Lipinski definition) is 2. The van der Waals surface area contributed by atoms with E-state index in [4.69, 9.17) is 5.73 Å². The molecule has 2 atom stereocenters. The molecule has 15 heavy (non-hydrogen) atoms. The van der Waals surface area contributed by atoms with Gasteiger partial charge >= 0.3 is 0 Å². The molecule has 0 saturated carbocycles. The first-order chi connectivity index (χ1) is 7.18. The van der Waals surface area contributed by atoms with Crippen LogP contribution in [0.25, 0.3) is 0 Å². The highest BCUT2D eigenvalue weighted by molar-refractivity contribution is 5.29. The van der Waals surface area contributed by atoms with E-state index in [2.05, 4.69) is 43.4 Å². The van der Waals surface area contributed by atoms with Crippen molar-refractivity contribution in [2.75, 3.05) is 13.1 Å². The molecule has 0 aromatic heterocycles. The Morgan fingerprint density at radius 3 is 2.33 bits per heavy atom. The summed E-state index contributed by atoms with van der Waals surface area (Å²) in [6.07, 6.45) is 0. The zero-order valence-electron chi connectivity index (χ0n) is 9.53. The minimum atomic E-state index is 0.273. The molecule has 2 nitrogen and oxygen atoms in total. The fraction of sp³-hybridized carbons (Fsp3) is 0.538. The highest BCUT2D eigenvalue weighted by Gasteiger charge is 2.24. The SMILES string of the molecule is CC(C)c1ccc([C@H]2CNC[C@@H]2N)cc1. The average molecular weight is 204 g/mol. The molecular formula is C13H20N2. The standard InChI is InChI=1S/C13H20N2/c1-9(2)10-3-5-11(6-4-10)12-7-15-8-13(12)14/h3-6,9,12-13,15H,7-8,14H2,1-2H3/t12-,13+/m1/s1. The summed E-state index contributed by atoms with van der Waals surface area (Å²) < 4.78 is 0. The van der Waals surface area contributed by atoms with E-state index in [0.29, 0.717) is 11.8 Å². The van der Waals surface area contributed by atoms with Crippen molar-refractivity contribution in [2.45, 2.75) is 31.7 Å². The summed E-state index contributed by atoms with van der Waals surface area (Å²) in [6, 6.07) is 9.19. The number of hydrogen-bond acceptors (Lipinski definition) is 2. The van der Waals surface area contributed by atoms with Gasteiger partial charge in [0.25, 0.3) is 0 Å². The lowest BCUT2D eigenvalue weighted by molar-refractivity contribution is 0.653. The van der Waals surface area contributed by atoms with Gasteiger partial charge in [-0.1, -0.05) is 38.1 Å². The first-order valence-electron chi connectivity index (χ1n) is 5.74. The molecule has 1 aromatic rings. The van der Waals surface area contributed by atoms with Gasteiger partial charge in [0, 0.05) is 25.0 Å². The predicted octanol–water partition coefficient (Wildman–Crippen LogP) is 1.82. The van der Waals surface area contributed by atoms with Gasteiger partial charge in [0.05, 0.1) is 0 Å². The van der Waals surface area contributed by atoms with E-state index in [0.717, 1.165) is 13.1 Å². The Hall–Kier alpha value is -0.860. The second-order valence-electron chi connectivity index (χ2n) is 4.75. The maximum atomic E-state index is 6.05. The summed E-state index contributed by atoms with van der Waals surface area (Å²) in [4.78, 5) is 0. The Morgan fingerprint density at radius 2 is 1.87 bits per heavy atom. The van der Waals surface area contributed by atoms with E-state index in [1.807, 2.05) is 0 Å². The minimum Gasteiger partial charge on any atom is -0.326 e. The molecule has 0 unspecified atom stereocenters. The molecule has 1 saturated heterocycles. The molecule has 0 radical (unpaired) electrons. The van der Waals surface area contributed by atoms with Gasteiger partial charge in [0.2, 0.25) is 0 Å². The summed E-state index contributed by atoms with van der Waals surface area (Å²) >= 11 is 0. The number of benzene rings is 1. The topological polar surface area (TPSA) is 38.0 Å². The molecule has 0 amide bonds. The monoisotopic (exact) mass is 204 g/mol. The molecule has 82 valence electrons. The van der Waals surface area contributed by atoms with Crippen molar-refractivity contribution < 1.29 is 0 Å². The summed E-state index contributed by atoms with van der Waals surface area (Å²) in [5, 5.41) is 3.33. The molecule has 2 heteroatoms. The quantitative estimate of drug-likeness (QED) is 0.771. The van der Waals surface area contributed by atoms with Crippen molar-refractivity contribution in [3.05, 3.63) is 35.4 Å². The molecule has 3 N–H and O–H groups in total. The zero-order chi connectivity index (χ0) is 10.8. The van der Waals surface area contributed by atoms with Crippen LogP contribution in [0.5, 0.6) is 0 Å². The molecule has 0 spiro atoms. The van der Waals surface area contributed by atoms with Crippen molar-refractivity contribution >= 4 is 0 Å². The predicted molar refractivity (Wildman–Crippen MR) is 64.1 cm³/mol. The third kappa shape index (κ3) is 2.21. The molecule has 1 aliphatic rings. The first kappa shape index (κ1) is 10.7. The molecule has 0 bridgehead atoms. The van der Waals surface area contributed by atoms with Crippen molar-refractivity contribution in [3.63, 3.8) is 0 Å². The van der Waals surface area contributed by atoms with Gasteiger partial charge in [0.1, 0.15) is 0 Å². The molecule has 1 aliphatic heterocycles. The van der Waals surface area contributed by atoms with E-state index in [-0.39, 0.29) is 6.04 Å². The molecule has 2 rings (SSSR count). The second-order valence-corrected chi connectivity index (χ2v) is 4.75. The third-order valence-corrected chi connectivity index (χ3v) is 3.29. The summed E-state index contributed by atoms with van der Waals surface area (Å²) in [6.45, 7) is 6.40. The average Bonchev–Trinajstić information content (AvgIpc) is 2.65. The molecule has 1 heterocycles. The van der Waals surface area contributed by atoms with Crippen molar-refractivity contribution in [1.29, 1.82) is 0 Å². The van der Waals surface area contributed by atoms with E-state index in [1.54, 1.807) is 0 Å². The van der Waals surface area contributed by atoms with Crippen LogP contribution in [-0.2, 0) is 0 Å². The van der Waals surface area contributed by atoms with Crippen LogP contribution in [0, 0.1) is 0 Å². The van der Waals surface area contributed by atoms with Crippen LogP contribution >= 0.6 is 0 Å². The third-order valence-electron chi connectivity index (χ3n) is 3.29. The first-order valence-corrected chi connectivity index (χ1v) is 5.74. The lowest BCUT2D eigenvalue weighted by atomic mass is 9.92. The van der Waals surface area contributed by atoms with Crippen LogP contribution < -0.4 is 11.1 Å². The van der Waals surface area contributed by atoms with Gasteiger partial charge < -0.3 is 11.1 Å². The largest absolute Gasteiger partial charge is 0.326 e. The van der Waals surface area contributed by atoms with Crippen molar-refractivity contribution in [2.24, 2.45) is 5.73 Å². The molecule has 1 aromatic carbocycles. The minimum absolute atomic E-state index is 0.273. The zero-order valence-corrected chi connectivity index (χ0v) is 9.53. The lowest BCUT2D eigenvalue weighted by Crippen LogP contribution is -2.27. The van der Waals surface area contributed by atoms with Crippen LogP contribution in [0.4, 0.5) is 0 Å². The van der Waals surface area contributed by atoms with Crippen LogP contribution in [0.1, 0.15) is 36.8 Å². The van der Waals surface area contributed by atoms with Crippen LogP contribution in [0.15, 0.2) is 24.3 Å². The summed E-state index contributed by atoms with van der Waals surface area (Å²) in [5.74, 6) is 1.10. The van der Waals surface area contributed by atoms with E-state index >= 15 is 0 Å². The molecular weight excluding hydrogens is 184 g/mol.